The number of carbonyl (C=O) groups excluding carboxylic acids is 2. The fraction of sp³-hybridized carbons (Fsp3) is 0.348. The Morgan fingerprint density at radius 2 is 1.66 bits per heavy atom. The summed E-state index contributed by atoms with van der Waals surface area (Å²) < 4.78 is 5.43. The van der Waals surface area contributed by atoms with E-state index in [0.717, 1.165) is 5.56 Å². The van der Waals surface area contributed by atoms with E-state index < -0.39 is 0 Å². The molecule has 0 fully saturated rings. The van der Waals surface area contributed by atoms with Crippen molar-refractivity contribution >= 4 is 18.0 Å². The van der Waals surface area contributed by atoms with Crippen LogP contribution in [0.1, 0.15) is 56.1 Å². The number of hydrogen-bond donors (Lipinski definition) is 2. The molecule has 0 bridgehead atoms. The minimum Gasteiger partial charge on any atom is -0.484 e. The number of rotatable bonds is 7. The van der Waals surface area contributed by atoms with Crippen molar-refractivity contribution < 1.29 is 14.3 Å². The second-order valence-corrected chi connectivity index (χ2v) is 8.11. The Labute approximate surface area is 172 Å². The Balaban J connectivity index is 1.85. The van der Waals surface area contributed by atoms with Gasteiger partial charge in [-0.05, 0) is 66.8 Å². The number of hydrogen-bond acceptors (Lipinski definition) is 4. The minimum atomic E-state index is -0.266. The van der Waals surface area contributed by atoms with Gasteiger partial charge in [0.25, 0.3) is 11.8 Å². The highest BCUT2D eigenvalue weighted by molar-refractivity contribution is 5.94. The van der Waals surface area contributed by atoms with Crippen LogP contribution < -0.4 is 15.5 Å². The van der Waals surface area contributed by atoms with E-state index in [4.69, 9.17) is 4.74 Å². The molecule has 2 N–H and O–H groups in total. The lowest BCUT2D eigenvalue weighted by Gasteiger charge is -2.18. The van der Waals surface area contributed by atoms with Gasteiger partial charge in [-0.2, -0.15) is 5.10 Å². The van der Waals surface area contributed by atoms with E-state index in [1.54, 1.807) is 42.6 Å². The molecule has 2 aromatic rings. The van der Waals surface area contributed by atoms with E-state index in [1.165, 1.54) is 5.56 Å². The van der Waals surface area contributed by atoms with E-state index in [-0.39, 0.29) is 29.9 Å². The first-order valence-corrected chi connectivity index (χ1v) is 9.61. The monoisotopic (exact) mass is 395 g/mol. The molecule has 2 rings (SSSR count). The van der Waals surface area contributed by atoms with Crippen LogP contribution in [0, 0.1) is 0 Å². The number of ether oxygens (including phenoxy) is 1. The van der Waals surface area contributed by atoms with Gasteiger partial charge in [0.1, 0.15) is 5.75 Å². The zero-order chi connectivity index (χ0) is 21.4. The van der Waals surface area contributed by atoms with Crippen LogP contribution in [0.25, 0.3) is 0 Å². The smallest absolute Gasteiger partial charge is 0.271 e. The largest absolute Gasteiger partial charge is 0.484 e. The summed E-state index contributed by atoms with van der Waals surface area (Å²) in [6.45, 7) is 10.1. The Morgan fingerprint density at radius 3 is 2.21 bits per heavy atom. The highest BCUT2D eigenvalue weighted by atomic mass is 16.5. The number of benzene rings is 2. The van der Waals surface area contributed by atoms with Crippen LogP contribution in [0.15, 0.2) is 53.6 Å². The molecule has 0 saturated heterocycles. The second-order valence-electron chi connectivity index (χ2n) is 8.11. The molecule has 0 aliphatic carbocycles. The molecule has 0 atom stereocenters. The summed E-state index contributed by atoms with van der Waals surface area (Å²) in [5, 5.41) is 6.76. The topological polar surface area (TPSA) is 79.8 Å². The zero-order valence-electron chi connectivity index (χ0n) is 17.7. The normalized spacial score (nSPS) is 11.5. The fourth-order valence-corrected chi connectivity index (χ4v) is 2.51. The standard InChI is InChI=1S/C23H29N3O3/c1-16(2)25-21(27)15-29-20-12-6-17(7-13-20)14-24-26-22(28)18-8-10-19(11-9-18)23(3,4)5/h6-14,16H,15H2,1-5H3,(H,25,27)(H,26,28)/b24-14-. The van der Waals surface area contributed by atoms with Gasteiger partial charge in [-0.25, -0.2) is 5.43 Å². The van der Waals surface area contributed by atoms with Gasteiger partial charge in [0.15, 0.2) is 6.61 Å². The fourth-order valence-electron chi connectivity index (χ4n) is 2.51. The molecule has 0 saturated carbocycles. The third kappa shape index (κ3) is 7.41. The molecule has 6 heteroatoms. The molecule has 0 heterocycles. The van der Waals surface area contributed by atoms with Crippen molar-refractivity contribution in [1.29, 1.82) is 0 Å². The summed E-state index contributed by atoms with van der Waals surface area (Å²) in [5.74, 6) is 0.158. The van der Waals surface area contributed by atoms with Crippen LogP contribution in [0.4, 0.5) is 0 Å². The van der Waals surface area contributed by atoms with Gasteiger partial charge in [0, 0.05) is 11.6 Å². The average molecular weight is 396 g/mol. The Kier molecular flexibility index (Phi) is 7.53. The number of nitrogens with one attached hydrogen (secondary N) is 2. The van der Waals surface area contributed by atoms with Crippen LogP contribution >= 0.6 is 0 Å². The first-order valence-electron chi connectivity index (χ1n) is 9.61. The SMILES string of the molecule is CC(C)NC(=O)COc1ccc(/C=N\NC(=O)c2ccc(C(C)(C)C)cc2)cc1. The summed E-state index contributed by atoms with van der Waals surface area (Å²) in [7, 11) is 0. The number of carbonyl (C=O) groups is 2. The van der Waals surface area contributed by atoms with Crippen molar-refractivity contribution in [3.8, 4) is 5.75 Å². The van der Waals surface area contributed by atoms with Gasteiger partial charge < -0.3 is 10.1 Å². The van der Waals surface area contributed by atoms with Gasteiger partial charge >= 0.3 is 0 Å². The summed E-state index contributed by atoms with van der Waals surface area (Å²) in [4.78, 5) is 23.8. The van der Waals surface area contributed by atoms with Gasteiger partial charge in [-0.3, -0.25) is 9.59 Å². The van der Waals surface area contributed by atoms with Crippen LogP contribution in [-0.4, -0.2) is 30.7 Å². The third-order valence-electron chi connectivity index (χ3n) is 4.09. The molecular weight excluding hydrogens is 366 g/mol. The van der Waals surface area contributed by atoms with Crippen LogP contribution in [-0.2, 0) is 10.2 Å². The molecule has 0 radical (unpaired) electrons. The van der Waals surface area contributed by atoms with Crippen LogP contribution in [0.2, 0.25) is 0 Å². The lowest BCUT2D eigenvalue weighted by molar-refractivity contribution is -0.123. The molecule has 0 aliphatic rings. The third-order valence-corrected chi connectivity index (χ3v) is 4.09. The predicted molar refractivity (Wildman–Crippen MR) is 115 cm³/mol. The Hall–Kier alpha value is -3.15. The Morgan fingerprint density at radius 1 is 1.03 bits per heavy atom. The summed E-state index contributed by atoms with van der Waals surface area (Å²) in [6, 6.07) is 14.7. The maximum absolute atomic E-state index is 12.2. The number of nitrogens with zero attached hydrogens (tertiary/aromatic N) is 1. The van der Waals surface area contributed by atoms with Gasteiger partial charge in [-0.15, -0.1) is 0 Å². The van der Waals surface area contributed by atoms with Gasteiger partial charge in [-0.1, -0.05) is 32.9 Å². The van der Waals surface area contributed by atoms with Crippen molar-refractivity contribution in [2.45, 2.75) is 46.1 Å². The maximum atomic E-state index is 12.2. The molecule has 2 aromatic carbocycles. The first kappa shape index (κ1) is 22.1. The van der Waals surface area contributed by atoms with Crippen LogP contribution in [0.5, 0.6) is 5.75 Å². The highest BCUT2D eigenvalue weighted by Crippen LogP contribution is 2.22. The summed E-state index contributed by atoms with van der Waals surface area (Å²) in [6.07, 6.45) is 1.55. The average Bonchev–Trinajstić information content (AvgIpc) is 2.66. The minimum absolute atomic E-state index is 0.0321. The zero-order valence-corrected chi connectivity index (χ0v) is 17.7. The quantitative estimate of drug-likeness (QED) is 0.555. The first-order chi connectivity index (χ1) is 13.6. The molecule has 0 aliphatic heterocycles. The van der Waals surface area contributed by atoms with E-state index >= 15 is 0 Å². The van der Waals surface area contributed by atoms with Crippen molar-refractivity contribution in [3.05, 3.63) is 65.2 Å². The van der Waals surface area contributed by atoms with E-state index in [9.17, 15) is 9.59 Å². The van der Waals surface area contributed by atoms with E-state index in [0.29, 0.717) is 11.3 Å². The van der Waals surface area contributed by atoms with E-state index in [1.807, 2.05) is 26.0 Å². The molecule has 0 spiro atoms. The number of amides is 2. The van der Waals surface area contributed by atoms with Gasteiger partial charge in [0.2, 0.25) is 0 Å². The Bertz CT molecular complexity index is 848. The molecule has 0 aromatic heterocycles. The highest BCUT2D eigenvalue weighted by Gasteiger charge is 2.14. The molecule has 154 valence electrons. The lowest BCUT2D eigenvalue weighted by Crippen LogP contribution is -2.34. The molecule has 6 nitrogen and oxygen atoms in total. The van der Waals surface area contributed by atoms with Crippen LogP contribution in [0.3, 0.4) is 0 Å². The van der Waals surface area contributed by atoms with Crippen molar-refractivity contribution in [3.63, 3.8) is 0 Å². The van der Waals surface area contributed by atoms with Crippen molar-refractivity contribution in [2.75, 3.05) is 6.61 Å². The van der Waals surface area contributed by atoms with Crippen molar-refractivity contribution in [1.82, 2.24) is 10.7 Å². The maximum Gasteiger partial charge on any atom is 0.271 e. The summed E-state index contributed by atoms with van der Waals surface area (Å²) >= 11 is 0. The lowest BCUT2D eigenvalue weighted by atomic mass is 9.87. The molecular formula is C23H29N3O3. The van der Waals surface area contributed by atoms with Crippen molar-refractivity contribution in [2.24, 2.45) is 5.10 Å². The van der Waals surface area contributed by atoms with Gasteiger partial charge in [0.05, 0.1) is 6.21 Å². The number of hydrazone groups is 1. The summed E-state index contributed by atoms with van der Waals surface area (Å²) in [5.41, 5.74) is 5.09. The molecule has 0 unspecified atom stereocenters. The van der Waals surface area contributed by atoms with E-state index in [2.05, 4.69) is 36.6 Å². The molecule has 2 amide bonds. The second kappa shape index (κ2) is 9.87. The predicted octanol–water partition coefficient (Wildman–Crippen LogP) is 3.65. The molecule has 29 heavy (non-hydrogen) atoms.